The molecule has 0 saturated carbocycles. The summed E-state index contributed by atoms with van der Waals surface area (Å²) < 4.78 is 24.3. The van der Waals surface area contributed by atoms with E-state index < -0.39 is 9.84 Å². The van der Waals surface area contributed by atoms with Gasteiger partial charge in [0, 0.05) is 0 Å². The molecule has 0 fully saturated rings. The predicted molar refractivity (Wildman–Crippen MR) is 80.8 cm³/mol. The smallest absolute Gasteiger partial charge is 0.181 e. The van der Waals surface area contributed by atoms with Gasteiger partial charge >= 0.3 is 0 Å². The maximum atomic E-state index is 12.2. The molecule has 0 unspecified atom stereocenters. The van der Waals surface area contributed by atoms with Crippen molar-refractivity contribution in [3.63, 3.8) is 0 Å². The van der Waals surface area contributed by atoms with E-state index in [2.05, 4.69) is 19.2 Å². The van der Waals surface area contributed by atoms with Crippen molar-refractivity contribution < 1.29 is 8.42 Å². The Bertz CT molecular complexity index is 495. The number of halogens is 2. The standard InChI is InChI=1S/C13H19Cl2NO2S/c1-10(2)9-16-7-4-8-19(17,18)13-11(14)5-3-6-12(13)15/h3,5-6,10,16H,4,7-9H2,1-2H3. The third kappa shape index (κ3) is 5.30. The first kappa shape index (κ1) is 16.8. The van der Waals surface area contributed by atoms with Crippen molar-refractivity contribution in [1.29, 1.82) is 0 Å². The third-order valence-electron chi connectivity index (χ3n) is 2.55. The summed E-state index contributed by atoms with van der Waals surface area (Å²) in [4.78, 5) is 0.0437. The van der Waals surface area contributed by atoms with Crippen molar-refractivity contribution in [2.45, 2.75) is 25.2 Å². The fraction of sp³-hybridized carbons (Fsp3) is 0.538. The van der Waals surface area contributed by atoms with Crippen LogP contribution in [0.1, 0.15) is 20.3 Å². The Balaban J connectivity index is 2.62. The summed E-state index contributed by atoms with van der Waals surface area (Å²) in [5.41, 5.74) is 0. The van der Waals surface area contributed by atoms with Gasteiger partial charge in [-0.25, -0.2) is 8.42 Å². The highest BCUT2D eigenvalue weighted by molar-refractivity contribution is 7.91. The van der Waals surface area contributed by atoms with Crippen LogP contribution in [0.5, 0.6) is 0 Å². The van der Waals surface area contributed by atoms with Crippen LogP contribution in [0, 0.1) is 5.92 Å². The quantitative estimate of drug-likeness (QED) is 0.782. The zero-order chi connectivity index (χ0) is 14.5. The van der Waals surface area contributed by atoms with Gasteiger partial charge < -0.3 is 5.32 Å². The maximum Gasteiger partial charge on any atom is 0.181 e. The van der Waals surface area contributed by atoms with Gasteiger partial charge in [-0.15, -0.1) is 0 Å². The molecule has 6 heteroatoms. The summed E-state index contributed by atoms with van der Waals surface area (Å²) in [6, 6.07) is 4.71. The molecule has 0 heterocycles. The molecule has 0 aromatic heterocycles. The van der Waals surface area contributed by atoms with E-state index in [4.69, 9.17) is 23.2 Å². The number of hydrogen-bond acceptors (Lipinski definition) is 3. The highest BCUT2D eigenvalue weighted by Crippen LogP contribution is 2.29. The van der Waals surface area contributed by atoms with E-state index >= 15 is 0 Å². The monoisotopic (exact) mass is 323 g/mol. The van der Waals surface area contributed by atoms with E-state index in [-0.39, 0.29) is 20.7 Å². The Hall–Kier alpha value is -0.290. The van der Waals surface area contributed by atoms with Crippen LogP contribution in [0.4, 0.5) is 0 Å². The summed E-state index contributed by atoms with van der Waals surface area (Å²) >= 11 is 11.8. The topological polar surface area (TPSA) is 46.2 Å². The van der Waals surface area contributed by atoms with Crippen LogP contribution in [0.25, 0.3) is 0 Å². The van der Waals surface area contributed by atoms with Crippen molar-refractivity contribution in [2.75, 3.05) is 18.8 Å². The molecule has 3 nitrogen and oxygen atoms in total. The van der Waals surface area contributed by atoms with Gasteiger partial charge in [0.05, 0.1) is 15.8 Å². The van der Waals surface area contributed by atoms with Gasteiger partial charge in [-0.05, 0) is 37.6 Å². The average Bonchev–Trinajstić information content (AvgIpc) is 2.27. The van der Waals surface area contributed by atoms with E-state index in [1.54, 1.807) is 6.07 Å². The summed E-state index contributed by atoms with van der Waals surface area (Å²) in [7, 11) is -3.43. The summed E-state index contributed by atoms with van der Waals surface area (Å²) in [5.74, 6) is 0.594. The second kappa shape index (κ2) is 7.48. The number of hydrogen-bond donors (Lipinski definition) is 1. The van der Waals surface area contributed by atoms with Gasteiger partial charge in [0.25, 0.3) is 0 Å². The Kier molecular flexibility index (Phi) is 6.60. The molecule has 0 aliphatic heterocycles. The molecule has 0 atom stereocenters. The van der Waals surface area contributed by atoms with Gasteiger partial charge in [0.15, 0.2) is 9.84 Å². The van der Waals surface area contributed by atoms with Gasteiger partial charge in [-0.1, -0.05) is 43.1 Å². The predicted octanol–water partition coefficient (Wildman–Crippen LogP) is 3.40. The largest absolute Gasteiger partial charge is 0.316 e. The number of rotatable bonds is 7. The maximum absolute atomic E-state index is 12.2. The van der Waals surface area contributed by atoms with Crippen LogP contribution in [0.3, 0.4) is 0 Å². The van der Waals surface area contributed by atoms with Crippen molar-refractivity contribution in [1.82, 2.24) is 5.32 Å². The molecule has 0 radical (unpaired) electrons. The van der Waals surface area contributed by atoms with E-state index in [0.717, 1.165) is 6.54 Å². The van der Waals surface area contributed by atoms with E-state index in [9.17, 15) is 8.42 Å². The minimum Gasteiger partial charge on any atom is -0.316 e. The molecule has 0 aliphatic carbocycles. The number of sulfone groups is 1. The fourth-order valence-electron chi connectivity index (χ4n) is 1.66. The average molecular weight is 324 g/mol. The second-order valence-corrected chi connectivity index (χ2v) is 7.68. The van der Waals surface area contributed by atoms with Crippen molar-refractivity contribution in [3.05, 3.63) is 28.2 Å². The molecule has 0 spiro atoms. The lowest BCUT2D eigenvalue weighted by Crippen LogP contribution is -2.22. The lowest BCUT2D eigenvalue weighted by Gasteiger charge is -2.10. The van der Waals surface area contributed by atoms with Crippen LogP contribution in [0.15, 0.2) is 23.1 Å². The van der Waals surface area contributed by atoms with E-state index in [1.807, 2.05) is 0 Å². The van der Waals surface area contributed by atoms with Crippen LogP contribution in [-0.2, 0) is 9.84 Å². The lowest BCUT2D eigenvalue weighted by molar-refractivity contribution is 0.546. The van der Waals surface area contributed by atoms with Gasteiger partial charge in [0.2, 0.25) is 0 Å². The van der Waals surface area contributed by atoms with E-state index in [0.29, 0.717) is 18.9 Å². The molecule has 0 aliphatic rings. The first-order valence-electron chi connectivity index (χ1n) is 6.22. The number of nitrogens with one attached hydrogen (secondary N) is 1. The highest BCUT2D eigenvalue weighted by Gasteiger charge is 2.20. The zero-order valence-electron chi connectivity index (χ0n) is 11.1. The third-order valence-corrected chi connectivity index (χ3v) is 5.29. The van der Waals surface area contributed by atoms with Crippen molar-refractivity contribution in [3.8, 4) is 0 Å². The second-order valence-electron chi connectivity index (χ2n) is 4.82. The lowest BCUT2D eigenvalue weighted by atomic mass is 10.2. The normalized spacial score (nSPS) is 12.1. The molecule has 1 N–H and O–H groups in total. The zero-order valence-corrected chi connectivity index (χ0v) is 13.4. The summed E-state index contributed by atoms with van der Waals surface area (Å²) in [5, 5.41) is 3.57. The molecule has 1 aromatic rings. The molecule has 1 aromatic carbocycles. The Labute approximate surface area is 125 Å². The van der Waals surface area contributed by atoms with Gasteiger partial charge in [-0.2, -0.15) is 0 Å². The van der Waals surface area contributed by atoms with Crippen molar-refractivity contribution in [2.24, 2.45) is 5.92 Å². The first-order chi connectivity index (χ1) is 8.84. The first-order valence-corrected chi connectivity index (χ1v) is 8.63. The minimum absolute atomic E-state index is 0.0432. The van der Waals surface area contributed by atoms with Crippen LogP contribution < -0.4 is 5.32 Å². The van der Waals surface area contributed by atoms with Crippen LogP contribution >= 0.6 is 23.2 Å². The Morgan fingerprint density at radius 3 is 2.32 bits per heavy atom. The van der Waals surface area contributed by atoms with Crippen molar-refractivity contribution >= 4 is 33.0 Å². The van der Waals surface area contributed by atoms with E-state index in [1.165, 1.54) is 12.1 Å². The molecule has 108 valence electrons. The highest BCUT2D eigenvalue weighted by atomic mass is 35.5. The molecular weight excluding hydrogens is 305 g/mol. The summed E-state index contributed by atoms with van der Waals surface area (Å²) in [6.45, 7) is 5.76. The minimum atomic E-state index is -3.43. The van der Waals surface area contributed by atoms with Crippen LogP contribution in [-0.4, -0.2) is 27.3 Å². The van der Waals surface area contributed by atoms with Crippen LogP contribution in [0.2, 0.25) is 10.0 Å². The van der Waals surface area contributed by atoms with Gasteiger partial charge in [-0.3, -0.25) is 0 Å². The fourth-order valence-corrected chi connectivity index (χ4v) is 4.22. The molecule has 1 rings (SSSR count). The Morgan fingerprint density at radius 1 is 1.21 bits per heavy atom. The SMILES string of the molecule is CC(C)CNCCCS(=O)(=O)c1c(Cl)cccc1Cl. The summed E-state index contributed by atoms with van der Waals surface area (Å²) in [6.07, 6.45) is 0.538. The number of benzene rings is 1. The molecule has 0 bridgehead atoms. The molecular formula is C13H19Cl2NO2S. The van der Waals surface area contributed by atoms with Gasteiger partial charge in [0.1, 0.15) is 4.90 Å². The molecule has 0 amide bonds. The molecule has 0 saturated heterocycles. The Morgan fingerprint density at radius 2 is 1.79 bits per heavy atom. The molecule has 19 heavy (non-hydrogen) atoms.